The van der Waals surface area contributed by atoms with Gasteiger partial charge in [-0.1, -0.05) is 46.4 Å². The lowest BCUT2D eigenvalue weighted by molar-refractivity contribution is -0.192. The number of ketones is 1. The summed E-state index contributed by atoms with van der Waals surface area (Å²) in [5, 5.41) is 9.22. The molecule has 0 fully saturated rings. The summed E-state index contributed by atoms with van der Waals surface area (Å²) in [5.74, 6) is 0.445. The molecule has 0 saturated carbocycles. The number of hydroxylamine groups is 2. The van der Waals surface area contributed by atoms with E-state index in [0.717, 1.165) is 17.4 Å². The zero-order chi connectivity index (χ0) is 20.6. The van der Waals surface area contributed by atoms with E-state index >= 15 is 0 Å². The van der Waals surface area contributed by atoms with Crippen LogP contribution in [0.3, 0.4) is 0 Å². The van der Waals surface area contributed by atoms with Crippen LogP contribution in [0.2, 0.25) is 0 Å². The Labute approximate surface area is 166 Å². The lowest BCUT2D eigenvalue weighted by Gasteiger charge is -2.29. The highest BCUT2D eigenvalue weighted by Crippen LogP contribution is 2.21. The summed E-state index contributed by atoms with van der Waals surface area (Å²) in [5.41, 5.74) is -0.145. The van der Waals surface area contributed by atoms with Gasteiger partial charge in [-0.3, -0.25) is 14.4 Å². The Morgan fingerprint density at radius 2 is 1.96 bits per heavy atom. The van der Waals surface area contributed by atoms with Crippen LogP contribution in [0.25, 0.3) is 0 Å². The molecule has 0 aliphatic rings. The number of nitrogens with zero attached hydrogens (tertiary/aromatic N) is 4. The molecular weight excluding hydrogens is 368 g/mol. The minimum atomic E-state index is -0.801. The van der Waals surface area contributed by atoms with Gasteiger partial charge in [0, 0.05) is 12.3 Å². The molecule has 27 heavy (non-hydrogen) atoms. The number of Topliss-reactive ketones (excluding diaryl/α,β-unsaturated/α-hetero) is 1. The fourth-order valence-electron chi connectivity index (χ4n) is 2.06. The van der Waals surface area contributed by atoms with E-state index in [2.05, 4.69) is 10.2 Å². The second kappa shape index (κ2) is 10.8. The van der Waals surface area contributed by atoms with Crippen molar-refractivity contribution < 1.29 is 18.8 Å². The molecular formula is C18H32N4O4S. The third-order valence-electron chi connectivity index (χ3n) is 3.44. The molecule has 0 bridgehead atoms. The molecule has 1 heterocycles. The molecule has 0 aliphatic carbocycles. The summed E-state index contributed by atoms with van der Waals surface area (Å²) in [7, 11) is 3.96. The molecule has 1 aromatic heterocycles. The molecule has 0 spiro atoms. The average molecular weight is 401 g/mol. The standard InChI is InChI=1S/C18H32N4O4S/c1-13(2)10-14(22(12-23)25-11-18(3,4)5)15(24)16-19-20-17(26-16)27-9-8-21(6)7/h12-14H,8-11H2,1-7H3. The first-order valence-electron chi connectivity index (χ1n) is 9.05. The maximum Gasteiger partial charge on any atom is 0.287 e. The molecule has 0 N–H and O–H groups in total. The van der Waals surface area contributed by atoms with Crippen molar-refractivity contribution in [2.45, 2.75) is 52.3 Å². The molecule has 0 radical (unpaired) electrons. The van der Waals surface area contributed by atoms with Crippen molar-refractivity contribution in [3.63, 3.8) is 0 Å². The van der Waals surface area contributed by atoms with Crippen molar-refractivity contribution in [3.05, 3.63) is 5.89 Å². The predicted molar refractivity (Wildman–Crippen MR) is 104 cm³/mol. The van der Waals surface area contributed by atoms with Gasteiger partial charge >= 0.3 is 0 Å². The largest absolute Gasteiger partial charge is 0.408 e. The Morgan fingerprint density at radius 1 is 1.30 bits per heavy atom. The topological polar surface area (TPSA) is 88.8 Å². The van der Waals surface area contributed by atoms with Crippen LogP contribution >= 0.6 is 11.8 Å². The van der Waals surface area contributed by atoms with Crippen LogP contribution < -0.4 is 0 Å². The average Bonchev–Trinajstić information content (AvgIpc) is 3.00. The number of rotatable bonds is 12. The molecule has 1 atom stereocenters. The highest BCUT2D eigenvalue weighted by Gasteiger charge is 2.32. The number of amides is 1. The van der Waals surface area contributed by atoms with Gasteiger partial charge in [0.1, 0.15) is 6.04 Å². The van der Waals surface area contributed by atoms with Crippen LogP contribution in [0, 0.1) is 11.3 Å². The van der Waals surface area contributed by atoms with Gasteiger partial charge in [0.15, 0.2) is 0 Å². The van der Waals surface area contributed by atoms with E-state index in [1.165, 1.54) is 11.8 Å². The van der Waals surface area contributed by atoms with Crippen LogP contribution in [-0.2, 0) is 9.63 Å². The summed E-state index contributed by atoms with van der Waals surface area (Å²) in [4.78, 5) is 32.1. The maximum atomic E-state index is 12.9. The van der Waals surface area contributed by atoms with E-state index in [0.29, 0.717) is 24.7 Å². The Hall–Kier alpha value is -1.45. The molecule has 1 amide bonds. The second-order valence-corrected chi connectivity index (χ2v) is 9.38. The van der Waals surface area contributed by atoms with E-state index in [1.807, 2.05) is 53.6 Å². The van der Waals surface area contributed by atoms with E-state index < -0.39 is 11.8 Å². The van der Waals surface area contributed by atoms with Gasteiger partial charge in [0.2, 0.25) is 12.2 Å². The van der Waals surface area contributed by atoms with Crippen LogP contribution in [0.5, 0.6) is 0 Å². The summed E-state index contributed by atoms with van der Waals surface area (Å²) in [6, 6.07) is -0.801. The van der Waals surface area contributed by atoms with Crippen molar-refractivity contribution in [2.24, 2.45) is 11.3 Å². The van der Waals surface area contributed by atoms with Gasteiger partial charge in [0.25, 0.3) is 11.1 Å². The zero-order valence-electron chi connectivity index (χ0n) is 17.4. The number of carbonyl (C=O) groups is 2. The molecule has 0 saturated heterocycles. The number of aromatic nitrogens is 2. The van der Waals surface area contributed by atoms with Crippen LogP contribution in [0.4, 0.5) is 0 Å². The van der Waals surface area contributed by atoms with E-state index in [1.54, 1.807) is 0 Å². The number of thioether (sulfide) groups is 1. The number of hydrogen-bond donors (Lipinski definition) is 0. The highest BCUT2D eigenvalue weighted by molar-refractivity contribution is 7.99. The Balaban J connectivity index is 2.87. The second-order valence-electron chi connectivity index (χ2n) is 8.33. The summed E-state index contributed by atoms with van der Waals surface area (Å²) >= 11 is 1.39. The van der Waals surface area contributed by atoms with Gasteiger partial charge in [-0.05, 0) is 31.8 Å². The Kier molecular flexibility index (Phi) is 9.41. The molecule has 8 nitrogen and oxygen atoms in total. The van der Waals surface area contributed by atoms with Crippen molar-refractivity contribution in [1.82, 2.24) is 20.2 Å². The Morgan fingerprint density at radius 3 is 2.48 bits per heavy atom. The van der Waals surface area contributed by atoms with Crippen molar-refractivity contribution >= 4 is 24.0 Å². The monoisotopic (exact) mass is 400 g/mol. The first-order valence-corrected chi connectivity index (χ1v) is 10.0. The van der Waals surface area contributed by atoms with E-state index in [-0.39, 0.29) is 17.2 Å². The zero-order valence-corrected chi connectivity index (χ0v) is 18.2. The van der Waals surface area contributed by atoms with E-state index in [9.17, 15) is 9.59 Å². The SMILES string of the molecule is CC(C)CC(C(=O)c1nnc(SCCN(C)C)o1)N(C=O)OCC(C)(C)C. The maximum absolute atomic E-state index is 12.9. The van der Waals surface area contributed by atoms with Crippen LogP contribution in [-0.4, -0.2) is 71.4 Å². The van der Waals surface area contributed by atoms with Crippen LogP contribution in [0.1, 0.15) is 51.7 Å². The van der Waals surface area contributed by atoms with Crippen molar-refractivity contribution in [2.75, 3.05) is 33.0 Å². The molecule has 9 heteroatoms. The number of carbonyl (C=O) groups excluding carboxylic acids is 2. The molecule has 154 valence electrons. The van der Waals surface area contributed by atoms with Gasteiger partial charge in [-0.15, -0.1) is 10.2 Å². The normalized spacial score (nSPS) is 13.2. The molecule has 1 rings (SSSR count). The third kappa shape index (κ3) is 8.85. The summed E-state index contributed by atoms with van der Waals surface area (Å²) in [6.45, 7) is 11.1. The van der Waals surface area contributed by atoms with Gasteiger partial charge in [0.05, 0.1) is 6.61 Å². The van der Waals surface area contributed by atoms with Crippen molar-refractivity contribution in [1.29, 1.82) is 0 Å². The minimum Gasteiger partial charge on any atom is -0.408 e. The van der Waals surface area contributed by atoms with Crippen LogP contribution in [0.15, 0.2) is 9.64 Å². The minimum absolute atomic E-state index is 0.0980. The lowest BCUT2D eigenvalue weighted by atomic mass is 9.98. The van der Waals surface area contributed by atoms with Crippen molar-refractivity contribution in [3.8, 4) is 0 Å². The highest BCUT2D eigenvalue weighted by atomic mass is 32.2. The molecule has 1 unspecified atom stereocenters. The molecule has 0 aromatic carbocycles. The molecule has 1 aromatic rings. The molecule has 0 aliphatic heterocycles. The fraction of sp³-hybridized carbons (Fsp3) is 0.778. The quantitative estimate of drug-likeness (QED) is 0.229. The van der Waals surface area contributed by atoms with Gasteiger partial charge in [-0.2, -0.15) is 0 Å². The first kappa shape index (κ1) is 23.6. The van der Waals surface area contributed by atoms with Gasteiger partial charge in [-0.25, -0.2) is 5.06 Å². The third-order valence-corrected chi connectivity index (χ3v) is 4.23. The summed E-state index contributed by atoms with van der Waals surface area (Å²) in [6.07, 6.45) is 0.979. The van der Waals surface area contributed by atoms with Gasteiger partial charge < -0.3 is 9.32 Å². The summed E-state index contributed by atoms with van der Waals surface area (Å²) < 4.78 is 5.50. The number of hydrogen-bond acceptors (Lipinski definition) is 8. The predicted octanol–water partition coefficient (Wildman–Crippen LogP) is 2.76. The van der Waals surface area contributed by atoms with E-state index in [4.69, 9.17) is 9.25 Å². The first-order chi connectivity index (χ1) is 12.5. The fourth-order valence-corrected chi connectivity index (χ4v) is 2.93. The smallest absolute Gasteiger partial charge is 0.287 e. The lowest BCUT2D eigenvalue weighted by Crippen LogP contribution is -2.43. The Bertz CT molecular complexity index is 598.